The lowest BCUT2D eigenvalue weighted by Crippen LogP contribution is -2.23. The average molecular weight is 296 g/mol. The highest BCUT2D eigenvalue weighted by atomic mass is 35.5. The molecule has 1 nitrogen and oxygen atoms in total. The van der Waals surface area contributed by atoms with E-state index < -0.39 is 11.6 Å². The minimum absolute atomic E-state index is 0.0867. The first kappa shape index (κ1) is 14.9. The van der Waals surface area contributed by atoms with Crippen LogP contribution in [-0.2, 0) is 6.42 Å². The molecule has 0 saturated carbocycles. The fourth-order valence-electron chi connectivity index (χ4n) is 2.11. The standard InChI is InChI=1S/C16H16ClF2N/c1-11(16-14(18)3-2-4-15(16)19)20-10-9-12-5-7-13(17)8-6-12/h2-8,11,20H,9-10H2,1H3. The van der Waals surface area contributed by atoms with Crippen molar-refractivity contribution in [2.75, 3.05) is 6.54 Å². The summed E-state index contributed by atoms with van der Waals surface area (Å²) in [6, 6.07) is 11.1. The second-order valence-corrected chi connectivity index (χ2v) is 5.12. The van der Waals surface area contributed by atoms with E-state index in [4.69, 9.17) is 11.6 Å². The molecule has 2 aromatic rings. The number of benzene rings is 2. The third-order valence-corrected chi connectivity index (χ3v) is 3.46. The number of hydrogen-bond donors (Lipinski definition) is 1. The first-order valence-electron chi connectivity index (χ1n) is 6.49. The molecule has 0 aliphatic heterocycles. The fraction of sp³-hybridized carbons (Fsp3) is 0.250. The molecule has 0 spiro atoms. The Bertz CT molecular complexity index is 549. The largest absolute Gasteiger partial charge is 0.310 e. The quantitative estimate of drug-likeness (QED) is 0.855. The molecule has 0 saturated heterocycles. The average Bonchev–Trinajstić information content (AvgIpc) is 2.41. The van der Waals surface area contributed by atoms with Crippen molar-refractivity contribution in [3.8, 4) is 0 Å². The summed E-state index contributed by atoms with van der Waals surface area (Å²) in [4.78, 5) is 0. The van der Waals surface area contributed by atoms with E-state index in [1.54, 1.807) is 6.92 Å². The summed E-state index contributed by atoms with van der Waals surface area (Å²) >= 11 is 5.81. The highest BCUT2D eigenvalue weighted by molar-refractivity contribution is 6.30. The fourth-order valence-corrected chi connectivity index (χ4v) is 2.24. The lowest BCUT2D eigenvalue weighted by Gasteiger charge is -2.15. The maximum Gasteiger partial charge on any atom is 0.130 e. The molecule has 0 aliphatic carbocycles. The Hall–Kier alpha value is -1.45. The number of rotatable bonds is 5. The SMILES string of the molecule is CC(NCCc1ccc(Cl)cc1)c1c(F)cccc1F. The van der Waals surface area contributed by atoms with E-state index in [2.05, 4.69) is 5.32 Å². The molecule has 1 N–H and O–H groups in total. The Morgan fingerprint density at radius 3 is 2.25 bits per heavy atom. The third-order valence-electron chi connectivity index (χ3n) is 3.21. The predicted octanol–water partition coefficient (Wildman–Crippen LogP) is 4.51. The number of hydrogen-bond acceptors (Lipinski definition) is 1. The van der Waals surface area contributed by atoms with Crippen LogP contribution in [0.25, 0.3) is 0 Å². The second-order valence-electron chi connectivity index (χ2n) is 4.69. The van der Waals surface area contributed by atoms with Crippen LogP contribution in [0, 0.1) is 11.6 Å². The number of halogens is 3. The Morgan fingerprint density at radius 1 is 1.05 bits per heavy atom. The zero-order valence-corrected chi connectivity index (χ0v) is 11.9. The van der Waals surface area contributed by atoms with Gasteiger partial charge in [0.25, 0.3) is 0 Å². The van der Waals surface area contributed by atoms with Gasteiger partial charge in [-0.3, -0.25) is 0 Å². The van der Waals surface area contributed by atoms with Crippen molar-refractivity contribution in [3.63, 3.8) is 0 Å². The van der Waals surface area contributed by atoms with Crippen molar-refractivity contribution in [1.82, 2.24) is 5.32 Å². The van der Waals surface area contributed by atoms with Gasteiger partial charge in [0.1, 0.15) is 11.6 Å². The summed E-state index contributed by atoms with van der Waals surface area (Å²) in [7, 11) is 0. The maximum atomic E-state index is 13.6. The van der Waals surface area contributed by atoms with Gasteiger partial charge < -0.3 is 5.32 Å². The van der Waals surface area contributed by atoms with E-state index in [0.29, 0.717) is 11.6 Å². The van der Waals surface area contributed by atoms with E-state index in [9.17, 15) is 8.78 Å². The van der Waals surface area contributed by atoms with Gasteiger partial charge in [-0.1, -0.05) is 29.8 Å². The summed E-state index contributed by atoms with van der Waals surface area (Å²) in [6.45, 7) is 2.39. The van der Waals surface area contributed by atoms with E-state index in [1.165, 1.54) is 18.2 Å². The molecule has 106 valence electrons. The Balaban J connectivity index is 1.92. The summed E-state index contributed by atoms with van der Waals surface area (Å²) in [6.07, 6.45) is 0.775. The van der Waals surface area contributed by atoms with Crippen LogP contribution < -0.4 is 5.32 Å². The van der Waals surface area contributed by atoms with E-state index in [0.717, 1.165) is 12.0 Å². The van der Waals surface area contributed by atoms with Gasteiger partial charge >= 0.3 is 0 Å². The van der Waals surface area contributed by atoms with Crippen LogP contribution in [-0.4, -0.2) is 6.54 Å². The van der Waals surface area contributed by atoms with Gasteiger partial charge in [0.05, 0.1) is 0 Å². The van der Waals surface area contributed by atoms with Crippen LogP contribution in [0.2, 0.25) is 5.02 Å². The van der Waals surface area contributed by atoms with E-state index >= 15 is 0 Å². The molecular weight excluding hydrogens is 280 g/mol. The summed E-state index contributed by atoms with van der Waals surface area (Å²) in [5, 5.41) is 3.83. The van der Waals surface area contributed by atoms with E-state index in [1.807, 2.05) is 24.3 Å². The van der Waals surface area contributed by atoms with Crippen molar-refractivity contribution in [2.24, 2.45) is 0 Å². The molecule has 0 aromatic heterocycles. The van der Waals surface area contributed by atoms with Gasteiger partial charge in [-0.2, -0.15) is 0 Å². The molecular formula is C16H16ClF2N. The lowest BCUT2D eigenvalue weighted by atomic mass is 10.1. The molecule has 0 bridgehead atoms. The smallest absolute Gasteiger partial charge is 0.130 e. The molecule has 1 unspecified atom stereocenters. The van der Waals surface area contributed by atoms with Gasteiger partial charge in [-0.25, -0.2) is 8.78 Å². The molecule has 0 heterocycles. The molecule has 0 amide bonds. The molecule has 1 atom stereocenters. The van der Waals surface area contributed by atoms with Crippen LogP contribution in [0.5, 0.6) is 0 Å². The molecule has 0 radical (unpaired) electrons. The highest BCUT2D eigenvalue weighted by Crippen LogP contribution is 2.20. The molecule has 0 aliphatic rings. The lowest BCUT2D eigenvalue weighted by molar-refractivity contribution is 0.490. The van der Waals surface area contributed by atoms with Gasteiger partial charge in [-0.15, -0.1) is 0 Å². The summed E-state index contributed by atoms with van der Waals surface area (Å²) in [5.74, 6) is -1.03. The van der Waals surface area contributed by atoms with Gasteiger partial charge in [0, 0.05) is 16.6 Å². The first-order chi connectivity index (χ1) is 9.58. The van der Waals surface area contributed by atoms with Gasteiger partial charge in [-0.05, 0) is 49.7 Å². The van der Waals surface area contributed by atoms with Crippen molar-refractivity contribution >= 4 is 11.6 Å². The molecule has 4 heteroatoms. The Kier molecular flexibility index (Phi) is 5.10. The number of nitrogens with one attached hydrogen (secondary N) is 1. The van der Waals surface area contributed by atoms with Crippen LogP contribution in [0.3, 0.4) is 0 Å². The molecule has 20 heavy (non-hydrogen) atoms. The normalized spacial score (nSPS) is 12.4. The van der Waals surface area contributed by atoms with Crippen molar-refractivity contribution in [1.29, 1.82) is 0 Å². The van der Waals surface area contributed by atoms with Crippen molar-refractivity contribution in [2.45, 2.75) is 19.4 Å². The zero-order valence-electron chi connectivity index (χ0n) is 11.2. The van der Waals surface area contributed by atoms with Crippen molar-refractivity contribution in [3.05, 3.63) is 70.2 Å². The van der Waals surface area contributed by atoms with Gasteiger partial charge in [0.15, 0.2) is 0 Å². The zero-order chi connectivity index (χ0) is 14.5. The Morgan fingerprint density at radius 2 is 1.65 bits per heavy atom. The second kappa shape index (κ2) is 6.82. The summed E-state index contributed by atoms with van der Waals surface area (Å²) < 4.78 is 27.2. The van der Waals surface area contributed by atoms with Crippen LogP contribution >= 0.6 is 11.6 Å². The predicted molar refractivity (Wildman–Crippen MR) is 77.9 cm³/mol. The summed E-state index contributed by atoms with van der Waals surface area (Å²) in [5.41, 5.74) is 1.21. The minimum atomic E-state index is -0.517. The maximum absolute atomic E-state index is 13.6. The van der Waals surface area contributed by atoms with Crippen LogP contribution in [0.4, 0.5) is 8.78 Å². The van der Waals surface area contributed by atoms with Crippen LogP contribution in [0.15, 0.2) is 42.5 Å². The van der Waals surface area contributed by atoms with Gasteiger partial charge in [0.2, 0.25) is 0 Å². The van der Waals surface area contributed by atoms with E-state index in [-0.39, 0.29) is 11.6 Å². The van der Waals surface area contributed by atoms with Crippen molar-refractivity contribution < 1.29 is 8.78 Å². The third kappa shape index (κ3) is 3.78. The Labute approximate surface area is 122 Å². The first-order valence-corrected chi connectivity index (χ1v) is 6.87. The monoisotopic (exact) mass is 295 g/mol. The minimum Gasteiger partial charge on any atom is -0.310 e. The molecule has 0 fully saturated rings. The highest BCUT2D eigenvalue weighted by Gasteiger charge is 2.14. The molecule has 2 rings (SSSR count). The molecule has 2 aromatic carbocycles. The topological polar surface area (TPSA) is 12.0 Å². The van der Waals surface area contributed by atoms with Crippen LogP contribution in [0.1, 0.15) is 24.1 Å².